The van der Waals surface area contributed by atoms with E-state index in [0.717, 1.165) is 33.3 Å². The van der Waals surface area contributed by atoms with Crippen LogP contribution in [0.2, 0.25) is 0 Å². The van der Waals surface area contributed by atoms with Crippen LogP contribution in [0.15, 0.2) is 66.7 Å². The van der Waals surface area contributed by atoms with Crippen molar-refractivity contribution >= 4 is 22.8 Å². The number of rotatable bonds is 8. The number of aromatic nitrogens is 1. The van der Waals surface area contributed by atoms with Gasteiger partial charge in [-0.1, -0.05) is 57.2 Å². The minimum absolute atomic E-state index is 0.0912. The number of esters is 1. The molecule has 6 nitrogen and oxygen atoms in total. The van der Waals surface area contributed by atoms with Crippen molar-refractivity contribution in [3.63, 3.8) is 0 Å². The maximum atomic E-state index is 13.2. The number of carbonyl (C=O) groups excluding carboxylic acids is 2. The third-order valence-corrected chi connectivity index (χ3v) is 7.35. The van der Waals surface area contributed by atoms with Crippen LogP contribution in [0.5, 0.6) is 5.75 Å². The highest BCUT2D eigenvalue weighted by Crippen LogP contribution is 2.29. The minimum Gasteiger partial charge on any atom is -0.482 e. The predicted octanol–water partition coefficient (Wildman–Crippen LogP) is 6.65. The van der Waals surface area contributed by atoms with E-state index in [9.17, 15) is 9.59 Å². The van der Waals surface area contributed by atoms with Crippen molar-refractivity contribution in [2.45, 2.75) is 59.5 Å². The van der Waals surface area contributed by atoms with E-state index >= 15 is 0 Å². The summed E-state index contributed by atoms with van der Waals surface area (Å²) < 4.78 is 12.5. The number of aryl methyl sites for hydroxylation is 1. The SMILES string of the molecule is COC(=O)COc1cccc(Cn2c(C)c(C)c3cc(C(=O)N[C@@H](C)c4ccc(C(C)(C)C)cc4)ccc32)c1. The van der Waals surface area contributed by atoms with Gasteiger partial charge in [-0.2, -0.15) is 0 Å². The first-order chi connectivity index (χ1) is 18.5. The first-order valence-corrected chi connectivity index (χ1v) is 13.3. The molecule has 0 aliphatic heterocycles. The zero-order valence-corrected chi connectivity index (χ0v) is 23.9. The molecule has 0 bridgehead atoms. The van der Waals surface area contributed by atoms with E-state index in [-0.39, 0.29) is 24.0 Å². The van der Waals surface area contributed by atoms with Gasteiger partial charge in [-0.05, 0) is 78.8 Å². The molecule has 0 radical (unpaired) electrons. The van der Waals surface area contributed by atoms with Gasteiger partial charge in [-0.25, -0.2) is 4.79 Å². The van der Waals surface area contributed by atoms with E-state index in [1.807, 2.05) is 49.4 Å². The second-order valence-electron chi connectivity index (χ2n) is 11.1. The average Bonchev–Trinajstić information content (AvgIpc) is 3.15. The standard InChI is InChI=1S/C33H38N2O4/c1-21-23(3)35(19-24-9-8-10-28(17-24)39-20-31(36)38-7)30-16-13-26(18-29(21)30)32(37)34-22(2)25-11-14-27(15-12-25)33(4,5)6/h8-18,22H,19-20H2,1-7H3,(H,34,37)/t22-/m0/s1. The van der Waals surface area contributed by atoms with E-state index in [4.69, 9.17) is 4.74 Å². The van der Waals surface area contributed by atoms with Gasteiger partial charge in [0, 0.05) is 28.7 Å². The lowest BCUT2D eigenvalue weighted by molar-refractivity contribution is -0.142. The molecule has 0 aliphatic rings. The normalized spacial score (nSPS) is 12.3. The van der Waals surface area contributed by atoms with Crippen molar-refractivity contribution in [1.82, 2.24) is 9.88 Å². The van der Waals surface area contributed by atoms with Crippen LogP contribution in [-0.2, 0) is 21.5 Å². The molecule has 0 aliphatic carbocycles. The van der Waals surface area contributed by atoms with Crippen molar-refractivity contribution in [1.29, 1.82) is 0 Å². The van der Waals surface area contributed by atoms with Crippen LogP contribution >= 0.6 is 0 Å². The van der Waals surface area contributed by atoms with E-state index in [2.05, 4.69) is 73.5 Å². The zero-order valence-electron chi connectivity index (χ0n) is 23.9. The van der Waals surface area contributed by atoms with Crippen molar-refractivity contribution in [2.24, 2.45) is 0 Å². The highest BCUT2D eigenvalue weighted by Gasteiger charge is 2.18. The van der Waals surface area contributed by atoms with Crippen LogP contribution in [0.3, 0.4) is 0 Å². The van der Waals surface area contributed by atoms with Crippen LogP contribution in [0.25, 0.3) is 10.9 Å². The lowest BCUT2D eigenvalue weighted by Crippen LogP contribution is -2.26. The lowest BCUT2D eigenvalue weighted by Gasteiger charge is -2.21. The summed E-state index contributed by atoms with van der Waals surface area (Å²) in [6.45, 7) is 13.3. The van der Waals surface area contributed by atoms with Crippen LogP contribution < -0.4 is 10.1 Å². The predicted molar refractivity (Wildman–Crippen MR) is 155 cm³/mol. The Bertz CT molecular complexity index is 1490. The molecule has 6 heteroatoms. The fraction of sp³-hybridized carbons (Fsp3) is 0.333. The molecular formula is C33H38N2O4. The topological polar surface area (TPSA) is 69.6 Å². The molecule has 1 amide bonds. The summed E-state index contributed by atoms with van der Waals surface area (Å²) in [6.07, 6.45) is 0. The Balaban J connectivity index is 1.52. The van der Waals surface area contributed by atoms with Crippen LogP contribution in [0.1, 0.15) is 72.0 Å². The highest BCUT2D eigenvalue weighted by molar-refractivity contribution is 5.99. The monoisotopic (exact) mass is 526 g/mol. The quantitative estimate of drug-likeness (QED) is 0.261. The summed E-state index contributed by atoms with van der Waals surface area (Å²) in [5, 5.41) is 4.21. The van der Waals surface area contributed by atoms with E-state index in [1.54, 1.807) is 0 Å². The number of nitrogens with zero attached hydrogens (tertiary/aromatic N) is 1. The van der Waals surface area contributed by atoms with E-state index in [0.29, 0.717) is 17.9 Å². The molecule has 0 saturated heterocycles. The largest absolute Gasteiger partial charge is 0.482 e. The van der Waals surface area contributed by atoms with Crippen molar-refractivity contribution < 1.29 is 19.1 Å². The Morgan fingerprint density at radius 1 is 0.974 bits per heavy atom. The van der Waals surface area contributed by atoms with Gasteiger partial charge in [0.1, 0.15) is 5.75 Å². The summed E-state index contributed by atoms with van der Waals surface area (Å²) in [6, 6.07) is 21.9. The molecule has 4 rings (SSSR count). The van der Waals surface area contributed by atoms with E-state index in [1.165, 1.54) is 12.7 Å². The van der Waals surface area contributed by atoms with Crippen molar-refractivity contribution in [2.75, 3.05) is 13.7 Å². The molecule has 1 aromatic heterocycles. The Kier molecular flexibility index (Phi) is 8.14. The molecule has 1 atom stereocenters. The second-order valence-corrected chi connectivity index (χ2v) is 11.1. The molecular weight excluding hydrogens is 488 g/mol. The third kappa shape index (κ3) is 6.33. The van der Waals surface area contributed by atoms with Gasteiger partial charge in [0.05, 0.1) is 13.2 Å². The number of methoxy groups -OCH3 is 1. The van der Waals surface area contributed by atoms with E-state index < -0.39 is 5.97 Å². The number of ether oxygens (including phenoxy) is 2. The highest BCUT2D eigenvalue weighted by atomic mass is 16.6. The molecule has 0 fully saturated rings. The lowest BCUT2D eigenvalue weighted by atomic mass is 9.86. The summed E-state index contributed by atoms with van der Waals surface area (Å²) in [5.74, 6) is 0.102. The molecule has 0 spiro atoms. The summed E-state index contributed by atoms with van der Waals surface area (Å²) in [4.78, 5) is 24.6. The zero-order chi connectivity index (χ0) is 28.3. The summed E-state index contributed by atoms with van der Waals surface area (Å²) >= 11 is 0. The fourth-order valence-corrected chi connectivity index (χ4v) is 4.75. The minimum atomic E-state index is -0.420. The second kappa shape index (κ2) is 11.4. The average molecular weight is 527 g/mol. The number of hydrogen-bond donors (Lipinski definition) is 1. The maximum Gasteiger partial charge on any atom is 0.343 e. The van der Waals surface area contributed by atoms with Gasteiger partial charge >= 0.3 is 5.97 Å². The van der Waals surface area contributed by atoms with Crippen molar-refractivity contribution in [3.05, 3.63) is 100 Å². The first kappa shape index (κ1) is 28.0. The van der Waals surface area contributed by atoms with Gasteiger partial charge in [-0.15, -0.1) is 0 Å². The number of benzene rings is 3. The molecule has 0 unspecified atom stereocenters. The number of amides is 1. The number of carbonyl (C=O) groups is 2. The maximum absolute atomic E-state index is 13.2. The molecule has 204 valence electrons. The van der Waals surface area contributed by atoms with Gasteiger partial charge in [0.15, 0.2) is 6.61 Å². The molecule has 1 N–H and O–H groups in total. The molecule has 1 heterocycles. The van der Waals surface area contributed by atoms with Crippen molar-refractivity contribution in [3.8, 4) is 5.75 Å². The van der Waals surface area contributed by atoms with Gasteiger partial charge in [0.25, 0.3) is 5.91 Å². The fourth-order valence-electron chi connectivity index (χ4n) is 4.75. The summed E-state index contributed by atoms with van der Waals surface area (Å²) in [7, 11) is 1.34. The van der Waals surface area contributed by atoms with Crippen LogP contribution in [-0.4, -0.2) is 30.2 Å². The molecule has 0 saturated carbocycles. The Morgan fingerprint density at radius 3 is 2.36 bits per heavy atom. The van der Waals surface area contributed by atoms with Crippen LogP contribution in [0.4, 0.5) is 0 Å². The molecule has 3 aromatic carbocycles. The Labute approximate surface area is 230 Å². The number of fused-ring (bicyclic) bond motifs is 1. The Hall–Kier alpha value is -4.06. The molecule has 4 aromatic rings. The van der Waals surface area contributed by atoms with Gasteiger partial charge in [0.2, 0.25) is 0 Å². The third-order valence-electron chi connectivity index (χ3n) is 7.35. The Morgan fingerprint density at radius 2 is 1.69 bits per heavy atom. The summed E-state index contributed by atoms with van der Waals surface area (Å²) in [5.41, 5.74) is 7.46. The van der Waals surface area contributed by atoms with Gasteiger partial charge in [-0.3, -0.25) is 4.79 Å². The van der Waals surface area contributed by atoms with Crippen LogP contribution in [0, 0.1) is 13.8 Å². The molecule has 39 heavy (non-hydrogen) atoms. The number of hydrogen-bond acceptors (Lipinski definition) is 4. The first-order valence-electron chi connectivity index (χ1n) is 13.3. The van der Waals surface area contributed by atoms with Gasteiger partial charge < -0.3 is 19.4 Å². The smallest absolute Gasteiger partial charge is 0.343 e. The number of nitrogens with one attached hydrogen (secondary N) is 1.